The predicted molar refractivity (Wildman–Crippen MR) is 59.1 cm³/mol. The highest BCUT2D eigenvalue weighted by Gasteiger charge is 2.40. The Morgan fingerprint density at radius 2 is 2.06 bits per heavy atom. The first-order valence-electron chi connectivity index (χ1n) is 5.13. The lowest BCUT2D eigenvalue weighted by Gasteiger charge is -2.28. The molecule has 0 amide bonds. The standard InChI is InChI=1S/C12H15FO4/c1-4-12(17-3,11(15)16-2)8-5-9(13)7-10(14)6-8/h5-7,14H,4H2,1-3H3/t12-/m1/s1. The molecule has 0 saturated heterocycles. The van der Waals surface area contributed by atoms with Crippen LogP contribution in [0.3, 0.4) is 0 Å². The minimum Gasteiger partial charge on any atom is -0.508 e. The summed E-state index contributed by atoms with van der Waals surface area (Å²) in [4.78, 5) is 11.8. The van der Waals surface area contributed by atoms with E-state index in [2.05, 4.69) is 4.74 Å². The van der Waals surface area contributed by atoms with Crippen LogP contribution in [-0.4, -0.2) is 25.3 Å². The van der Waals surface area contributed by atoms with Crippen molar-refractivity contribution in [1.29, 1.82) is 0 Å². The molecule has 94 valence electrons. The number of hydrogen-bond acceptors (Lipinski definition) is 4. The van der Waals surface area contributed by atoms with Crippen LogP contribution in [0.25, 0.3) is 0 Å². The summed E-state index contributed by atoms with van der Waals surface area (Å²) >= 11 is 0. The molecule has 17 heavy (non-hydrogen) atoms. The average molecular weight is 242 g/mol. The second-order valence-electron chi connectivity index (χ2n) is 3.57. The van der Waals surface area contributed by atoms with Gasteiger partial charge in [-0.15, -0.1) is 0 Å². The topological polar surface area (TPSA) is 55.8 Å². The van der Waals surface area contributed by atoms with E-state index in [1.165, 1.54) is 20.3 Å². The molecule has 5 heteroatoms. The summed E-state index contributed by atoms with van der Waals surface area (Å²) in [5.41, 5.74) is -1.17. The van der Waals surface area contributed by atoms with Crippen molar-refractivity contribution in [3.63, 3.8) is 0 Å². The van der Waals surface area contributed by atoms with E-state index in [1.54, 1.807) is 6.92 Å². The molecular weight excluding hydrogens is 227 g/mol. The third-order valence-electron chi connectivity index (χ3n) is 2.71. The molecule has 0 fully saturated rings. The summed E-state index contributed by atoms with van der Waals surface area (Å²) in [5.74, 6) is -1.54. The van der Waals surface area contributed by atoms with Crippen LogP contribution < -0.4 is 0 Å². The molecule has 0 aliphatic heterocycles. The molecular formula is C12H15FO4. The largest absolute Gasteiger partial charge is 0.508 e. The molecule has 0 bridgehead atoms. The lowest BCUT2D eigenvalue weighted by Crippen LogP contribution is -2.38. The zero-order valence-corrected chi connectivity index (χ0v) is 9.99. The molecule has 0 spiro atoms. The third-order valence-corrected chi connectivity index (χ3v) is 2.71. The van der Waals surface area contributed by atoms with Gasteiger partial charge in [0.15, 0.2) is 5.60 Å². The van der Waals surface area contributed by atoms with Crippen LogP contribution in [0, 0.1) is 5.82 Å². The number of rotatable bonds is 4. The van der Waals surface area contributed by atoms with Gasteiger partial charge in [-0.2, -0.15) is 0 Å². The normalized spacial score (nSPS) is 14.1. The fourth-order valence-electron chi connectivity index (χ4n) is 1.78. The minimum absolute atomic E-state index is 0.229. The maximum Gasteiger partial charge on any atom is 0.342 e. The lowest BCUT2D eigenvalue weighted by molar-refractivity contribution is -0.168. The van der Waals surface area contributed by atoms with Crippen molar-refractivity contribution >= 4 is 5.97 Å². The Kier molecular flexibility index (Phi) is 4.07. The minimum atomic E-state index is -1.39. The van der Waals surface area contributed by atoms with Crippen molar-refractivity contribution in [3.05, 3.63) is 29.6 Å². The Labute approximate surface area is 99.0 Å². The number of hydrogen-bond donors (Lipinski definition) is 1. The van der Waals surface area contributed by atoms with Gasteiger partial charge in [0.05, 0.1) is 7.11 Å². The molecule has 0 aliphatic rings. The number of ether oxygens (including phenoxy) is 2. The van der Waals surface area contributed by atoms with Crippen molar-refractivity contribution in [1.82, 2.24) is 0 Å². The van der Waals surface area contributed by atoms with Gasteiger partial charge >= 0.3 is 5.97 Å². The number of esters is 1. The summed E-state index contributed by atoms with van der Waals surface area (Å²) in [6, 6.07) is 3.38. The van der Waals surface area contributed by atoms with E-state index in [-0.39, 0.29) is 17.7 Å². The fraction of sp³-hybridized carbons (Fsp3) is 0.417. The van der Waals surface area contributed by atoms with E-state index < -0.39 is 17.4 Å². The highest BCUT2D eigenvalue weighted by atomic mass is 19.1. The fourth-order valence-corrected chi connectivity index (χ4v) is 1.78. The first-order valence-corrected chi connectivity index (χ1v) is 5.13. The molecule has 4 nitrogen and oxygen atoms in total. The van der Waals surface area contributed by atoms with Crippen LogP contribution in [0.5, 0.6) is 5.75 Å². The van der Waals surface area contributed by atoms with Crippen molar-refractivity contribution in [2.45, 2.75) is 18.9 Å². The summed E-state index contributed by atoms with van der Waals surface area (Å²) in [6.45, 7) is 1.71. The van der Waals surface area contributed by atoms with Crippen LogP contribution in [0.15, 0.2) is 18.2 Å². The smallest absolute Gasteiger partial charge is 0.342 e. The Morgan fingerprint density at radius 1 is 1.41 bits per heavy atom. The summed E-state index contributed by atoms with van der Waals surface area (Å²) in [7, 11) is 2.56. The van der Waals surface area contributed by atoms with E-state index in [0.29, 0.717) is 0 Å². The Balaban J connectivity index is 3.36. The van der Waals surface area contributed by atoms with Gasteiger partial charge in [0.25, 0.3) is 0 Å². The Morgan fingerprint density at radius 3 is 2.47 bits per heavy atom. The Hall–Kier alpha value is -1.62. The summed E-state index contributed by atoms with van der Waals surface area (Å²) in [6.07, 6.45) is 0.263. The monoisotopic (exact) mass is 242 g/mol. The first-order chi connectivity index (χ1) is 8.00. The van der Waals surface area contributed by atoms with Crippen molar-refractivity contribution < 1.29 is 23.8 Å². The first kappa shape index (κ1) is 13.4. The van der Waals surface area contributed by atoms with Gasteiger partial charge in [-0.3, -0.25) is 0 Å². The third kappa shape index (κ3) is 2.39. The second kappa shape index (κ2) is 5.14. The number of halogens is 1. The van der Waals surface area contributed by atoms with Crippen molar-refractivity contribution in [2.75, 3.05) is 14.2 Å². The molecule has 0 heterocycles. The zero-order chi connectivity index (χ0) is 13.1. The van der Waals surface area contributed by atoms with E-state index in [9.17, 15) is 14.3 Å². The van der Waals surface area contributed by atoms with Gasteiger partial charge in [0.1, 0.15) is 11.6 Å². The summed E-state index contributed by atoms with van der Waals surface area (Å²) in [5, 5.41) is 9.36. The van der Waals surface area contributed by atoms with Gasteiger partial charge in [-0.1, -0.05) is 6.92 Å². The predicted octanol–water partition coefficient (Wildman–Crippen LogP) is 1.96. The molecule has 1 aromatic rings. The molecule has 1 aromatic carbocycles. The molecule has 0 aromatic heterocycles. The van der Waals surface area contributed by atoms with Crippen LogP contribution in [0.1, 0.15) is 18.9 Å². The quantitative estimate of drug-likeness (QED) is 0.820. The van der Waals surface area contributed by atoms with E-state index in [1.807, 2.05) is 0 Å². The number of carbonyl (C=O) groups is 1. The number of phenols is 1. The number of methoxy groups -OCH3 is 2. The maximum atomic E-state index is 13.2. The maximum absolute atomic E-state index is 13.2. The lowest BCUT2D eigenvalue weighted by atomic mass is 9.90. The van der Waals surface area contributed by atoms with Crippen LogP contribution >= 0.6 is 0 Å². The molecule has 1 N–H and O–H groups in total. The van der Waals surface area contributed by atoms with E-state index in [4.69, 9.17) is 4.74 Å². The molecule has 0 unspecified atom stereocenters. The molecule has 1 rings (SSSR count). The van der Waals surface area contributed by atoms with Gasteiger partial charge in [0, 0.05) is 18.7 Å². The van der Waals surface area contributed by atoms with Gasteiger partial charge < -0.3 is 14.6 Å². The SMILES string of the molecule is CC[C@](OC)(C(=O)OC)c1cc(O)cc(F)c1. The average Bonchev–Trinajstić information content (AvgIpc) is 2.29. The van der Waals surface area contributed by atoms with Crippen LogP contribution in [0.4, 0.5) is 4.39 Å². The number of carbonyl (C=O) groups excluding carboxylic acids is 1. The zero-order valence-electron chi connectivity index (χ0n) is 9.99. The van der Waals surface area contributed by atoms with Crippen LogP contribution in [-0.2, 0) is 19.9 Å². The Bertz CT molecular complexity index is 393. The molecule has 0 radical (unpaired) electrons. The van der Waals surface area contributed by atoms with Gasteiger partial charge in [-0.25, -0.2) is 9.18 Å². The highest BCUT2D eigenvalue weighted by Crippen LogP contribution is 2.32. The summed E-state index contributed by atoms with van der Waals surface area (Å²) < 4.78 is 23.1. The highest BCUT2D eigenvalue weighted by molar-refractivity contribution is 5.81. The van der Waals surface area contributed by atoms with E-state index in [0.717, 1.165) is 12.1 Å². The van der Waals surface area contributed by atoms with Gasteiger partial charge in [-0.05, 0) is 18.6 Å². The van der Waals surface area contributed by atoms with Gasteiger partial charge in [0.2, 0.25) is 0 Å². The van der Waals surface area contributed by atoms with Crippen molar-refractivity contribution in [2.24, 2.45) is 0 Å². The van der Waals surface area contributed by atoms with Crippen LogP contribution in [0.2, 0.25) is 0 Å². The van der Waals surface area contributed by atoms with Crippen molar-refractivity contribution in [3.8, 4) is 5.75 Å². The number of benzene rings is 1. The molecule has 1 atom stereocenters. The van der Waals surface area contributed by atoms with E-state index >= 15 is 0 Å². The molecule has 0 aliphatic carbocycles. The number of phenolic OH excluding ortho intramolecular Hbond substituents is 1. The second-order valence-corrected chi connectivity index (χ2v) is 3.57. The number of aromatic hydroxyl groups is 1. The molecule has 0 saturated carbocycles.